The van der Waals surface area contributed by atoms with Crippen LogP contribution in [-0.2, 0) is 4.79 Å². The number of halogens is 1. The maximum absolute atomic E-state index is 12.8. The summed E-state index contributed by atoms with van der Waals surface area (Å²) in [6.07, 6.45) is 2.24. The van der Waals surface area contributed by atoms with E-state index < -0.39 is 0 Å². The Morgan fingerprint density at radius 1 is 1.28 bits per heavy atom. The van der Waals surface area contributed by atoms with Gasteiger partial charge in [-0.2, -0.15) is 4.98 Å². The van der Waals surface area contributed by atoms with Crippen LogP contribution < -0.4 is 15.4 Å². The molecule has 1 fully saturated rings. The summed E-state index contributed by atoms with van der Waals surface area (Å²) in [5.74, 6) is 0.385. The van der Waals surface area contributed by atoms with Crippen LogP contribution >= 0.6 is 11.6 Å². The lowest BCUT2D eigenvalue weighted by Gasteiger charge is -2.17. The Morgan fingerprint density at radius 2 is 1.97 bits per heavy atom. The van der Waals surface area contributed by atoms with Gasteiger partial charge in [0.25, 0.3) is 11.8 Å². The molecular formula is C20H22ClN5O3. The second-order valence-electron chi connectivity index (χ2n) is 6.57. The van der Waals surface area contributed by atoms with Crippen LogP contribution in [0.3, 0.4) is 0 Å². The standard InChI is InChI=1S/C20H22ClN5O3/c1-12(17(27)22-2)13-4-6-14(7-5-13)19(28)26-9-8-15(11-26)24-20-23-10-16(21)18(25-20)29-3/h4-7,10,15H,1,8-9,11H2,2-3H3,(H,22,27)(H,23,24,25). The molecule has 2 aromatic rings. The van der Waals surface area contributed by atoms with Crippen LogP contribution in [0.2, 0.25) is 5.02 Å². The van der Waals surface area contributed by atoms with Gasteiger partial charge in [-0.25, -0.2) is 4.98 Å². The molecule has 2 heterocycles. The van der Waals surface area contributed by atoms with Gasteiger partial charge in [-0.15, -0.1) is 0 Å². The summed E-state index contributed by atoms with van der Waals surface area (Å²) in [5.41, 5.74) is 1.59. The maximum Gasteiger partial charge on any atom is 0.253 e. The number of amides is 2. The van der Waals surface area contributed by atoms with Gasteiger partial charge in [0.05, 0.1) is 13.3 Å². The molecule has 1 aromatic heterocycles. The summed E-state index contributed by atoms with van der Waals surface area (Å²) in [7, 11) is 3.04. The van der Waals surface area contributed by atoms with Gasteiger partial charge in [-0.3, -0.25) is 9.59 Å². The lowest BCUT2D eigenvalue weighted by molar-refractivity contribution is -0.115. The first-order valence-electron chi connectivity index (χ1n) is 9.06. The van der Waals surface area contributed by atoms with E-state index in [-0.39, 0.29) is 17.9 Å². The van der Waals surface area contributed by atoms with Crippen molar-refractivity contribution in [3.05, 3.63) is 53.2 Å². The summed E-state index contributed by atoms with van der Waals surface area (Å²) in [6.45, 7) is 4.92. The van der Waals surface area contributed by atoms with Crippen LogP contribution in [-0.4, -0.2) is 60.0 Å². The van der Waals surface area contributed by atoms with Gasteiger partial charge in [0, 0.05) is 37.3 Å². The van der Waals surface area contributed by atoms with Crippen molar-refractivity contribution in [2.45, 2.75) is 12.5 Å². The number of rotatable bonds is 6. The van der Waals surface area contributed by atoms with E-state index in [1.54, 1.807) is 36.2 Å². The zero-order valence-electron chi connectivity index (χ0n) is 16.2. The Bertz CT molecular complexity index is 932. The highest BCUT2D eigenvalue weighted by Gasteiger charge is 2.27. The monoisotopic (exact) mass is 415 g/mol. The zero-order valence-corrected chi connectivity index (χ0v) is 17.0. The third-order valence-electron chi connectivity index (χ3n) is 4.70. The number of methoxy groups -OCH3 is 1. The van der Waals surface area contributed by atoms with Crippen molar-refractivity contribution in [3.63, 3.8) is 0 Å². The Morgan fingerprint density at radius 3 is 2.62 bits per heavy atom. The second-order valence-corrected chi connectivity index (χ2v) is 6.97. The summed E-state index contributed by atoms with van der Waals surface area (Å²) >= 11 is 5.94. The Kier molecular flexibility index (Phi) is 6.33. The molecule has 1 aliphatic heterocycles. The Labute approximate surface area is 173 Å². The molecule has 1 unspecified atom stereocenters. The fourth-order valence-electron chi connectivity index (χ4n) is 3.09. The quantitative estimate of drug-likeness (QED) is 0.702. The molecule has 29 heavy (non-hydrogen) atoms. The van der Waals surface area contributed by atoms with Gasteiger partial charge < -0.3 is 20.3 Å². The van der Waals surface area contributed by atoms with Crippen molar-refractivity contribution in [3.8, 4) is 5.88 Å². The molecule has 3 rings (SSSR count). The number of anilines is 1. The smallest absolute Gasteiger partial charge is 0.253 e. The van der Waals surface area contributed by atoms with Crippen LogP contribution in [0.1, 0.15) is 22.3 Å². The van der Waals surface area contributed by atoms with Gasteiger partial charge in [-0.05, 0) is 24.1 Å². The molecule has 0 radical (unpaired) electrons. The van der Waals surface area contributed by atoms with Crippen molar-refractivity contribution in [2.75, 3.05) is 32.6 Å². The van der Waals surface area contributed by atoms with Crippen molar-refractivity contribution in [1.82, 2.24) is 20.2 Å². The van der Waals surface area contributed by atoms with Crippen LogP contribution in [0.25, 0.3) is 5.57 Å². The predicted molar refractivity (Wildman–Crippen MR) is 111 cm³/mol. The average molecular weight is 416 g/mol. The summed E-state index contributed by atoms with van der Waals surface area (Å²) in [5, 5.41) is 6.08. The average Bonchev–Trinajstić information content (AvgIpc) is 3.22. The lowest BCUT2D eigenvalue weighted by Crippen LogP contribution is -2.31. The molecule has 0 bridgehead atoms. The highest BCUT2D eigenvalue weighted by atomic mass is 35.5. The number of aromatic nitrogens is 2. The molecule has 1 atom stereocenters. The Hall–Kier alpha value is -3.13. The van der Waals surface area contributed by atoms with Crippen LogP contribution in [0.15, 0.2) is 37.0 Å². The minimum atomic E-state index is -0.251. The van der Waals surface area contributed by atoms with Gasteiger partial charge in [0.15, 0.2) is 0 Å². The molecule has 1 aliphatic rings. The fraction of sp³-hybridized carbons (Fsp3) is 0.300. The van der Waals surface area contributed by atoms with Crippen molar-refractivity contribution >= 4 is 34.9 Å². The summed E-state index contributed by atoms with van der Waals surface area (Å²) in [6, 6.07) is 6.89. The van der Waals surface area contributed by atoms with E-state index in [1.165, 1.54) is 13.3 Å². The van der Waals surface area contributed by atoms with Gasteiger partial charge in [0.2, 0.25) is 11.8 Å². The second kappa shape index (κ2) is 8.91. The first kappa shape index (κ1) is 20.6. The highest BCUT2D eigenvalue weighted by molar-refractivity contribution is 6.31. The number of nitrogens with one attached hydrogen (secondary N) is 2. The summed E-state index contributed by atoms with van der Waals surface area (Å²) < 4.78 is 5.10. The SMILES string of the molecule is C=C(C(=O)NC)c1ccc(C(=O)N2CCC(Nc3ncc(Cl)c(OC)n3)C2)cc1. The van der Waals surface area contributed by atoms with Crippen LogP contribution in [0.5, 0.6) is 5.88 Å². The maximum atomic E-state index is 12.8. The number of carbonyl (C=O) groups excluding carboxylic acids is 2. The first-order valence-corrected chi connectivity index (χ1v) is 9.44. The fourth-order valence-corrected chi connectivity index (χ4v) is 3.26. The minimum Gasteiger partial charge on any atom is -0.480 e. The molecule has 9 heteroatoms. The summed E-state index contributed by atoms with van der Waals surface area (Å²) in [4.78, 5) is 34.6. The number of likely N-dealkylation sites (tertiary alicyclic amines) is 1. The van der Waals surface area contributed by atoms with Gasteiger partial charge in [-0.1, -0.05) is 30.3 Å². The van der Waals surface area contributed by atoms with Gasteiger partial charge in [0.1, 0.15) is 5.02 Å². The lowest BCUT2D eigenvalue weighted by atomic mass is 10.0. The largest absolute Gasteiger partial charge is 0.480 e. The highest BCUT2D eigenvalue weighted by Crippen LogP contribution is 2.23. The van der Waals surface area contributed by atoms with E-state index >= 15 is 0 Å². The number of hydrogen-bond donors (Lipinski definition) is 2. The molecule has 2 amide bonds. The number of nitrogens with zero attached hydrogens (tertiary/aromatic N) is 3. The molecule has 8 nitrogen and oxygen atoms in total. The molecule has 0 saturated carbocycles. The molecule has 1 aromatic carbocycles. The molecule has 152 valence electrons. The molecule has 1 saturated heterocycles. The molecular weight excluding hydrogens is 394 g/mol. The predicted octanol–water partition coefficient (Wildman–Crippen LogP) is 2.22. The normalized spacial score (nSPS) is 15.7. The molecule has 0 spiro atoms. The van der Waals surface area contributed by atoms with Crippen LogP contribution in [0.4, 0.5) is 5.95 Å². The van der Waals surface area contributed by atoms with Crippen molar-refractivity contribution < 1.29 is 14.3 Å². The first-order chi connectivity index (χ1) is 13.9. The van der Waals surface area contributed by atoms with E-state index in [2.05, 4.69) is 27.2 Å². The number of likely N-dealkylation sites (N-methyl/N-ethyl adjacent to an activating group) is 1. The number of hydrogen-bond acceptors (Lipinski definition) is 6. The minimum absolute atomic E-state index is 0.0251. The Balaban J connectivity index is 1.62. The van der Waals surface area contributed by atoms with Gasteiger partial charge >= 0.3 is 0 Å². The number of ether oxygens (including phenoxy) is 1. The zero-order chi connectivity index (χ0) is 21.0. The third-order valence-corrected chi connectivity index (χ3v) is 4.95. The number of carbonyl (C=O) groups is 2. The van der Waals surface area contributed by atoms with E-state index in [4.69, 9.17) is 16.3 Å². The van der Waals surface area contributed by atoms with Crippen LogP contribution in [0, 0.1) is 0 Å². The number of benzene rings is 1. The van der Waals surface area contributed by atoms with E-state index in [0.717, 1.165) is 6.42 Å². The third kappa shape index (κ3) is 4.65. The van der Waals surface area contributed by atoms with Crippen molar-refractivity contribution in [2.24, 2.45) is 0 Å². The molecule has 2 N–H and O–H groups in total. The van der Waals surface area contributed by atoms with E-state index in [0.29, 0.717) is 46.6 Å². The van der Waals surface area contributed by atoms with E-state index in [1.807, 2.05) is 0 Å². The molecule has 0 aliphatic carbocycles. The van der Waals surface area contributed by atoms with E-state index in [9.17, 15) is 9.59 Å². The topological polar surface area (TPSA) is 96.5 Å². The van der Waals surface area contributed by atoms with Crippen molar-refractivity contribution in [1.29, 1.82) is 0 Å².